The third kappa shape index (κ3) is 3.04. The Morgan fingerprint density at radius 3 is 2.33 bits per heavy atom. The molecule has 1 N–H and O–H groups in total. The molecule has 15 heavy (non-hydrogen) atoms. The molecule has 0 heterocycles. The van der Waals surface area contributed by atoms with Gasteiger partial charge in [-0.05, 0) is 32.0 Å². The minimum Gasteiger partial charge on any atom is -0.507 e. The van der Waals surface area contributed by atoms with E-state index < -0.39 is 17.5 Å². The van der Waals surface area contributed by atoms with E-state index in [0.29, 0.717) is 0 Å². The van der Waals surface area contributed by atoms with Crippen molar-refractivity contribution >= 4 is 0 Å². The average molecular weight is 220 g/mol. The van der Waals surface area contributed by atoms with Crippen LogP contribution in [0.15, 0.2) is 18.2 Å². The molecule has 5 heteroatoms. The average Bonchev–Trinajstić information content (AvgIpc) is 2.05. The standard InChI is InChI=1S/C10H11F3O2/c1-6(2)15-7-3-4-9(14)8(5-7)10(11,12)13/h3-6,14H,1-2H3. The van der Waals surface area contributed by atoms with Gasteiger partial charge in [0.2, 0.25) is 0 Å². The molecule has 0 saturated heterocycles. The van der Waals surface area contributed by atoms with E-state index in [2.05, 4.69) is 0 Å². The predicted octanol–water partition coefficient (Wildman–Crippen LogP) is 3.20. The molecule has 0 aliphatic rings. The van der Waals surface area contributed by atoms with Crippen LogP contribution in [-0.4, -0.2) is 11.2 Å². The van der Waals surface area contributed by atoms with Crippen molar-refractivity contribution < 1.29 is 23.0 Å². The second-order valence-electron chi connectivity index (χ2n) is 3.34. The van der Waals surface area contributed by atoms with Gasteiger partial charge in [0.25, 0.3) is 0 Å². The number of phenolic OH excluding ortho intramolecular Hbond substituents is 1. The summed E-state index contributed by atoms with van der Waals surface area (Å²) in [5.74, 6) is -0.700. The first-order chi connectivity index (χ1) is 6.80. The molecule has 1 rings (SSSR count). The Labute approximate surface area is 85.3 Å². The van der Waals surface area contributed by atoms with Gasteiger partial charge in [0.05, 0.1) is 6.10 Å². The summed E-state index contributed by atoms with van der Waals surface area (Å²) in [7, 11) is 0. The number of phenols is 1. The van der Waals surface area contributed by atoms with Crippen LogP contribution in [0.2, 0.25) is 0 Å². The van der Waals surface area contributed by atoms with Crippen molar-refractivity contribution in [2.45, 2.75) is 26.1 Å². The topological polar surface area (TPSA) is 29.5 Å². The summed E-state index contributed by atoms with van der Waals surface area (Å²) in [6.45, 7) is 3.42. The molecule has 0 bridgehead atoms. The molecule has 0 spiro atoms. The van der Waals surface area contributed by atoms with Crippen LogP contribution in [0.25, 0.3) is 0 Å². The molecular weight excluding hydrogens is 209 g/mol. The summed E-state index contributed by atoms with van der Waals surface area (Å²) in [6.07, 6.45) is -4.78. The molecule has 0 aliphatic heterocycles. The summed E-state index contributed by atoms with van der Waals surface area (Å²) >= 11 is 0. The number of aromatic hydroxyl groups is 1. The normalized spacial score (nSPS) is 11.9. The first-order valence-corrected chi connectivity index (χ1v) is 4.37. The Balaban J connectivity index is 3.06. The van der Waals surface area contributed by atoms with Gasteiger partial charge in [-0.1, -0.05) is 0 Å². The van der Waals surface area contributed by atoms with Crippen molar-refractivity contribution in [2.75, 3.05) is 0 Å². The molecule has 1 aromatic carbocycles. The summed E-state index contributed by atoms with van der Waals surface area (Å²) in [5.41, 5.74) is -1.08. The van der Waals surface area contributed by atoms with Crippen molar-refractivity contribution in [3.63, 3.8) is 0 Å². The maximum absolute atomic E-state index is 12.4. The van der Waals surface area contributed by atoms with Gasteiger partial charge < -0.3 is 9.84 Å². The monoisotopic (exact) mass is 220 g/mol. The highest BCUT2D eigenvalue weighted by molar-refractivity contribution is 5.41. The van der Waals surface area contributed by atoms with Gasteiger partial charge >= 0.3 is 6.18 Å². The number of alkyl halides is 3. The van der Waals surface area contributed by atoms with E-state index in [9.17, 15) is 13.2 Å². The van der Waals surface area contributed by atoms with Gasteiger partial charge in [-0.25, -0.2) is 0 Å². The first kappa shape index (κ1) is 11.7. The zero-order valence-corrected chi connectivity index (χ0v) is 8.30. The first-order valence-electron chi connectivity index (χ1n) is 4.37. The Kier molecular flexibility index (Phi) is 3.12. The van der Waals surface area contributed by atoms with E-state index in [1.54, 1.807) is 13.8 Å². The molecule has 0 aromatic heterocycles. The highest BCUT2D eigenvalue weighted by Gasteiger charge is 2.34. The van der Waals surface area contributed by atoms with E-state index in [4.69, 9.17) is 9.84 Å². The molecule has 2 nitrogen and oxygen atoms in total. The highest BCUT2D eigenvalue weighted by Crippen LogP contribution is 2.37. The van der Waals surface area contributed by atoms with E-state index in [-0.39, 0.29) is 11.9 Å². The SMILES string of the molecule is CC(C)Oc1ccc(O)c(C(F)(F)F)c1. The lowest BCUT2D eigenvalue weighted by molar-refractivity contribution is -0.138. The lowest BCUT2D eigenvalue weighted by Gasteiger charge is -2.13. The summed E-state index contributed by atoms with van der Waals surface area (Å²) in [4.78, 5) is 0. The summed E-state index contributed by atoms with van der Waals surface area (Å²) < 4.78 is 42.1. The van der Waals surface area contributed by atoms with Crippen molar-refractivity contribution in [3.05, 3.63) is 23.8 Å². The maximum atomic E-state index is 12.4. The minimum atomic E-state index is -4.57. The molecule has 0 unspecified atom stereocenters. The number of hydrogen-bond donors (Lipinski definition) is 1. The van der Waals surface area contributed by atoms with Crippen molar-refractivity contribution in [2.24, 2.45) is 0 Å². The summed E-state index contributed by atoms with van der Waals surface area (Å²) in [5, 5.41) is 9.03. The largest absolute Gasteiger partial charge is 0.507 e. The molecule has 0 amide bonds. The van der Waals surface area contributed by atoms with E-state index in [1.807, 2.05) is 0 Å². The van der Waals surface area contributed by atoms with E-state index >= 15 is 0 Å². The second kappa shape index (κ2) is 4.00. The van der Waals surface area contributed by atoms with Crippen LogP contribution < -0.4 is 4.74 Å². The van der Waals surface area contributed by atoms with Crippen LogP contribution in [0, 0.1) is 0 Å². The Morgan fingerprint density at radius 1 is 1.27 bits per heavy atom. The van der Waals surface area contributed by atoms with Crippen LogP contribution in [0.1, 0.15) is 19.4 Å². The van der Waals surface area contributed by atoms with Gasteiger partial charge in [-0.2, -0.15) is 13.2 Å². The molecule has 0 atom stereocenters. The van der Waals surface area contributed by atoms with Gasteiger partial charge in [0.15, 0.2) is 0 Å². The Hall–Kier alpha value is -1.39. The van der Waals surface area contributed by atoms with E-state index in [1.165, 1.54) is 6.07 Å². The number of rotatable bonds is 2. The number of benzene rings is 1. The molecule has 84 valence electrons. The molecule has 0 fully saturated rings. The van der Waals surface area contributed by atoms with Crippen LogP contribution in [-0.2, 0) is 6.18 Å². The van der Waals surface area contributed by atoms with Gasteiger partial charge in [0.1, 0.15) is 17.1 Å². The zero-order valence-electron chi connectivity index (χ0n) is 8.30. The third-order valence-corrected chi connectivity index (χ3v) is 1.65. The quantitative estimate of drug-likeness (QED) is 0.829. The van der Waals surface area contributed by atoms with Gasteiger partial charge in [-0.15, -0.1) is 0 Å². The fourth-order valence-corrected chi connectivity index (χ4v) is 1.09. The third-order valence-electron chi connectivity index (χ3n) is 1.65. The van der Waals surface area contributed by atoms with Crippen LogP contribution in [0.4, 0.5) is 13.2 Å². The van der Waals surface area contributed by atoms with E-state index in [0.717, 1.165) is 12.1 Å². The second-order valence-corrected chi connectivity index (χ2v) is 3.34. The van der Waals surface area contributed by atoms with Crippen molar-refractivity contribution in [1.82, 2.24) is 0 Å². The van der Waals surface area contributed by atoms with Crippen LogP contribution in [0.5, 0.6) is 11.5 Å². The Bertz CT molecular complexity index is 345. The number of hydrogen-bond acceptors (Lipinski definition) is 2. The number of halogens is 3. The molecule has 0 radical (unpaired) electrons. The van der Waals surface area contributed by atoms with Gasteiger partial charge in [-0.3, -0.25) is 0 Å². The lowest BCUT2D eigenvalue weighted by Crippen LogP contribution is -2.09. The fraction of sp³-hybridized carbons (Fsp3) is 0.400. The van der Waals surface area contributed by atoms with Crippen molar-refractivity contribution in [3.8, 4) is 11.5 Å². The smallest absolute Gasteiger partial charge is 0.420 e. The number of ether oxygens (including phenoxy) is 1. The molecule has 0 saturated carbocycles. The fourth-order valence-electron chi connectivity index (χ4n) is 1.09. The highest BCUT2D eigenvalue weighted by atomic mass is 19.4. The minimum absolute atomic E-state index is 0.0927. The van der Waals surface area contributed by atoms with Crippen molar-refractivity contribution in [1.29, 1.82) is 0 Å². The maximum Gasteiger partial charge on any atom is 0.420 e. The molecule has 0 aliphatic carbocycles. The van der Waals surface area contributed by atoms with Crippen LogP contribution in [0.3, 0.4) is 0 Å². The Morgan fingerprint density at radius 2 is 1.87 bits per heavy atom. The predicted molar refractivity (Wildman–Crippen MR) is 48.9 cm³/mol. The zero-order chi connectivity index (χ0) is 11.6. The molecule has 1 aromatic rings. The van der Waals surface area contributed by atoms with Gasteiger partial charge in [0, 0.05) is 0 Å². The lowest BCUT2D eigenvalue weighted by atomic mass is 10.2. The van der Waals surface area contributed by atoms with Crippen LogP contribution >= 0.6 is 0 Å². The summed E-state index contributed by atoms with van der Waals surface area (Å²) in [6, 6.07) is 3.06. The molecular formula is C10H11F3O2.